The van der Waals surface area contributed by atoms with Crippen molar-refractivity contribution in [2.75, 3.05) is 26.2 Å². The van der Waals surface area contributed by atoms with E-state index in [9.17, 15) is 9.59 Å². The molecule has 0 aliphatic heterocycles. The smallest absolute Gasteiger partial charge is 0.342 e. The van der Waals surface area contributed by atoms with Gasteiger partial charge in [0.25, 0.3) is 0 Å². The minimum Gasteiger partial charge on any atom is -0.465 e. The monoisotopic (exact) mass is 483 g/mol. The summed E-state index contributed by atoms with van der Waals surface area (Å²) in [5.41, 5.74) is 2.44. The van der Waals surface area contributed by atoms with Crippen LogP contribution in [0.1, 0.15) is 116 Å². The average Bonchev–Trinajstić information content (AvgIpc) is 3.20. The van der Waals surface area contributed by atoms with Crippen LogP contribution in [-0.4, -0.2) is 42.9 Å². The number of rotatable bonds is 17. The number of hydrogen-bond donors (Lipinski definition) is 0. The van der Waals surface area contributed by atoms with Gasteiger partial charge in [0.15, 0.2) is 5.78 Å². The van der Waals surface area contributed by atoms with E-state index in [1.54, 1.807) is 13.8 Å². The van der Waals surface area contributed by atoms with Crippen molar-refractivity contribution in [3.05, 3.63) is 58.0 Å². The van der Waals surface area contributed by atoms with Gasteiger partial charge in [-0.25, -0.2) is 4.79 Å². The van der Waals surface area contributed by atoms with E-state index in [4.69, 9.17) is 9.15 Å². The van der Waals surface area contributed by atoms with Crippen LogP contribution >= 0.6 is 0 Å². The van der Waals surface area contributed by atoms with E-state index in [1.165, 1.54) is 44.3 Å². The zero-order valence-corrected chi connectivity index (χ0v) is 22.6. The molecular formula is C30H45NO4. The lowest BCUT2D eigenvalue weighted by atomic mass is 9.96. The van der Waals surface area contributed by atoms with Gasteiger partial charge in [-0.1, -0.05) is 64.3 Å². The fraction of sp³-hybridized carbons (Fsp3) is 0.600. The minimum atomic E-state index is -0.493. The third-order valence-corrected chi connectivity index (χ3v) is 6.43. The number of nitrogens with zero attached hydrogens (tertiary/aromatic N) is 1. The Balaban J connectivity index is 2.13. The van der Waals surface area contributed by atoms with Crippen molar-refractivity contribution in [3.8, 4) is 0 Å². The van der Waals surface area contributed by atoms with E-state index in [-0.39, 0.29) is 18.0 Å². The molecule has 0 radical (unpaired) electrons. The number of benzene rings is 1. The second-order valence-corrected chi connectivity index (χ2v) is 9.33. The van der Waals surface area contributed by atoms with Gasteiger partial charge >= 0.3 is 5.97 Å². The maximum atomic E-state index is 13.5. The van der Waals surface area contributed by atoms with Crippen molar-refractivity contribution in [2.45, 2.75) is 92.4 Å². The number of aryl methyl sites for hydroxylation is 3. The predicted molar refractivity (Wildman–Crippen MR) is 142 cm³/mol. The van der Waals surface area contributed by atoms with Gasteiger partial charge in [-0.15, -0.1) is 0 Å². The highest BCUT2D eigenvalue weighted by atomic mass is 16.5. The van der Waals surface area contributed by atoms with Crippen molar-refractivity contribution in [1.82, 2.24) is 4.90 Å². The molecule has 0 saturated heterocycles. The quantitative estimate of drug-likeness (QED) is 0.176. The predicted octanol–water partition coefficient (Wildman–Crippen LogP) is 7.17. The molecular weight excluding hydrogens is 438 g/mol. The molecule has 0 aliphatic rings. The Kier molecular flexibility index (Phi) is 12.8. The normalized spacial score (nSPS) is 11.3. The molecule has 0 bridgehead atoms. The SMILES string of the molecule is CCCCc1oc(C)c(C(=O)OCC)c1C(=O)c1ccc(CCCN(CCCC)CCCC)cc1. The molecule has 0 fully saturated rings. The van der Waals surface area contributed by atoms with Crippen LogP contribution in [0.4, 0.5) is 0 Å². The molecule has 1 aromatic carbocycles. The Bertz CT molecular complexity index is 905. The van der Waals surface area contributed by atoms with Crippen molar-refractivity contribution in [2.24, 2.45) is 0 Å². The summed E-state index contributed by atoms with van der Waals surface area (Å²) in [4.78, 5) is 28.7. The van der Waals surface area contributed by atoms with Crippen LogP contribution in [0, 0.1) is 6.92 Å². The summed E-state index contributed by atoms with van der Waals surface area (Å²) in [5.74, 6) is 0.367. The van der Waals surface area contributed by atoms with Gasteiger partial charge in [0, 0.05) is 12.0 Å². The number of ketones is 1. The van der Waals surface area contributed by atoms with Gasteiger partial charge < -0.3 is 14.1 Å². The maximum absolute atomic E-state index is 13.5. The summed E-state index contributed by atoms with van der Waals surface area (Å²) in [6.07, 6.45) is 9.55. The van der Waals surface area contributed by atoms with Crippen molar-refractivity contribution < 1.29 is 18.7 Å². The topological polar surface area (TPSA) is 59.8 Å². The van der Waals surface area contributed by atoms with Crippen LogP contribution in [0.2, 0.25) is 0 Å². The number of furan rings is 1. The molecule has 0 spiro atoms. The summed E-state index contributed by atoms with van der Waals surface area (Å²) < 4.78 is 11.1. The molecule has 1 heterocycles. The van der Waals surface area contributed by atoms with Crippen LogP contribution in [-0.2, 0) is 17.6 Å². The van der Waals surface area contributed by atoms with Gasteiger partial charge in [0.1, 0.15) is 17.1 Å². The minimum absolute atomic E-state index is 0.173. The third kappa shape index (κ3) is 8.64. The molecule has 194 valence electrons. The molecule has 5 heteroatoms. The first-order chi connectivity index (χ1) is 17.0. The van der Waals surface area contributed by atoms with Crippen LogP contribution in [0.25, 0.3) is 0 Å². The molecule has 5 nitrogen and oxygen atoms in total. The molecule has 1 aromatic heterocycles. The highest BCUT2D eigenvalue weighted by molar-refractivity contribution is 6.15. The summed E-state index contributed by atoms with van der Waals surface area (Å²) in [5, 5.41) is 0. The summed E-state index contributed by atoms with van der Waals surface area (Å²) in [7, 11) is 0. The molecule has 35 heavy (non-hydrogen) atoms. The number of hydrogen-bond acceptors (Lipinski definition) is 5. The molecule has 0 amide bonds. The Labute approximate surface area is 212 Å². The Hall–Kier alpha value is -2.40. The van der Waals surface area contributed by atoms with E-state index in [2.05, 4.69) is 25.7 Å². The molecule has 0 saturated carbocycles. The fourth-order valence-corrected chi connectivity index (χ4v) is 4.38. The maximum Gasteiger partial charge on any atom is 0.342 e. The third-order valence-electron chi connectivity index (χ3n) is 6.43. The second-order valence-electron chi connectivity index (χ2n) is 9.33. The summed E-state index contributed by atoms with van der Waals surface area (Å²) in [6, 6.07) is 7.84. The van der Waals surface area contributed by atoms with Gasteiger partial charge in [-0.3, -0.25) is 4.79 Å². The van der Waals surface area contributed by atoms with Crippen molar-refractivity contribution in [1.29, 1.82) is 0 Å². The van der Waals surface area contributed by atoms with Gasteiger partial charge in [-0.2, -0.15) is 0 Å². The highest BCUT2D eigenvalue weighted by Gasteiger charge is 2.29. The number of carbonyl (C=O) groups excluding carboxylic acids is 2. The van der Waals surface area contributed by atoms with Crippen LogP contribution in [0.5, 0.6) is 0 Å². The number of ether oxygens (including phenoxy) is 1. The van der Waals surface area contributed by atoms with E-state index >= 15 is 0 Å². The number of esters is 1. The average molecular weight is 484 g/mol. The number of unbranched alkanes of at least 4 members (excludes halogenated alkanes) is 3. The molecule has 2 aromatic rings. The van der Waals surface area contributed by atoms with Crippen LogP contribution in [0.15, 0.2) is 28.7 Å². The summed E-state index contributed by atoms with van der Waals surface area (Å²) in [6.45, 7) is 13.8. The lowest BCUT2D eigenvalue weighted by Gasteiger charge is -2.21. The first-order valence-electron chi connectivity index (χ1n) is 13.6. The molecule has 2 rings (SSSR count). The zero-order chi connectivity index (χ0) is 25.6. The molecule has 0 atom stereocenters. The molecule has 0 N–H and O–H groups in total. The van der Waals surface area contributed by atoms with E-state index in [1.807, 2.05) is 24.3 Å². The lowest BCUT2D eigenvalue weighted by Crippen LogP contribution is -2.27. The van der Waals surface area contributed by atoms with Gasteiger partial charge in [-0.05, 0) is 71.1 Å². The molecule has 0 aliphatic carbocycles. The second kappa shape index (κ2) is 15.6. The molecule has 0 unspecified atom stereocenters. The van der Waals surface area contributed by atoms with E-state index in [0.717, 1.165) is 32.2 Å². The van der Waals surface area contributed by atoms with E-state index in [0.29, 0.717) is 29.1 Å². The first kappa shape index (κ1) is 28.8. The van der Waals surface area contributed by atoms with E-state index < -0.39 is 5.97 Å². The standard InChI is InChI=1S/C30H45NO4/c1-6-10-15-26-28(27(23(5)35-26)30(33)34-9-4)29(32)25-18-16-24(17-19-25)14-13-22-31(20-11-7-2)21-12-8-3/h16-19H,6-15,20-22H2,1-5H3. The fourth-order valence-electron chi connectivity index (χ4n) is 4.38. The Morgan fingerprint density at radius 1 is 0.800 bits per heavy atom. The zero-order valence-electron chi connectivity index (χ0n) is 22.6. The largest absolute Gasteiger partial charge is 0.465 e. The van der Waals surface area contributed by atoms with Gasteiger partial charge in [0.05, 0.1) is 12.2 Å². The first-order valence-corrected chi connectivity index (χ1v) is 13.6. The highest BCUT2D eigenvalue weighted by Crippen LogP contribution is 2.28. The Morgan fingerprint density at radius 3 is 1.97 bits per heavy atom. The van der Waals surface area contributed by atoms with Crippen LogP contribution < -0.4 is 0 Å². The summed E-state index contributed by atoms with van der Waals surface area (Å²) >= 11 is 0. The lowest BCUT2D eigenvalue weighted by molar-refractivity contribution is 0.0521. The Morgan fingerprint density at radius 2 is 1.40 bits per heavy atom. The number of carbonyl (C=O) groups is 2. The van der Waals surface area contributed by atoms with Crippen molar-refractivity contribution in [3.63, 3.8) is 0 Å². The van der Waals surface area contributed by atoms with Crippen molar-refractivity contribution >= 4 is 11.8 Å². The van der Waals surface area contributed by atoms with Crippen LogP contribution in [0.3, 0.4) is 0 Å². The van der Waals surface area contributed by atoms with Gasteiger partial charge in [0.2, 0.25) is 0 Å².